The van der Waals surface area contributed by atoms with E-state index in [1.807, 2.05) is 0 Å². The molecule has 1 unspecified atom stereocenters. The van der Waals surface area contributed by atoms with Gasteiger partial charge in [0.1, 0.15) is 5.82 Å². The smallest absolute Gasteiger partial charge is 0.251 e. The Morgan fingerprint density at radius 2 is 2.10 bits per heavy atom. The van der Waals surface area contributed by atoms with Gasteiger partial charge in [-0.25, -0.2) is 4.98 Å². The number of rotatable bonds is 4. The van der Waals surface area contributed by atoms with Crippen LogP contribution in [0.25, 0.3) is 0 Å². The van der Waals surface area contributed by atoms with Crippen molar-refractivity contribution in [1.82, 2.24) is 15.3 Å². The first-order valence-corrected chi connectivity index (χ1v) is 7.71. The number of H-pyrrole nitrogens is 1. The molecule has 2 aliphatic rings. The van der Waals surface area contributed by atoms with Gasteiger partial charge in [-0.15, -0.1) is 0 Å². The summed E-state index contributed by atoms with van der Waals surface area (Å²) in [6.45, 7) is 0.690. The van der Waals surface area contributed by atoms with Crippen LogP contribution < -0.4 is 10.9 Å². The average Bonchev–Trinajstić information content (AvgIpc) is 3.22. The number of nitrogens with zero attached hydrogens (tertiary/aromatic N) is 1. The monoisotopic (exact) mass is 281 g/mol. The molecule has 0 spiro atoms. The van der Waals surface area contributed by atoms with E-state index in [0.717, 1.165) is 24.4 Å². The van der Waals surface area contributed by atoms with E-state index >= 15 is 0 Å². The zero-order valence-electron chi connectivity index (χ0n) is 11.9. The number of benzene rings is 1. The topological polar surface area (TPSA) is 57.8 Å². The Balaban J connectivity index is 1.64. The number of hydrogen-bond donors (Lipinski definition) is 2. The van der Waals surface area contributed by atoms with Crippen LogP contribution in [0.2, 0.25) is 0 Å². The molecule has 0 aliphatic heterocycles. The lowest BCUT2D eigenvalue weighted by atomic mass is 10.0. The van der Waals surface area contributed by atoms with Crippen molar-refractivity contribution in [2.45, 2.75) is 44.2 Å². The van der Waals surface area contributed by atoms with Gasteiger partial charge in [0.25, 0.3) is 5.56 Å². The maximum atomic E-state index is 11.9. The van der Waals surface area contributed by atoms with Gasteiger partial charge in [0.15, 0.2) is 0 Å². The molecule has 4 nitrogen and oxygen atoms in total. The second-order valence-electron chi connectivity index (χ2n) is 6.07. The summed E-state index contributed by atoms with van der Waals surface area (Å²) in [7, 11) is 0. The molecule has 1 saturated carbocycles. The summed E-state index contributed by atoms with van der Waals surface area (Å²) in [5.74, 6) is 1.05. The van der Waals surface area contributed by atoms with Gasteiger partial charge >= 0.3 is 0 Å². The van der Waals surface area contributed by atoms with Gasteiger partial charge in [-0.05, 0) is 36.8 Å². The van der Waals surface area contributed by atoms with E-state index in [1.54, 1.807) is 6.07 Å². The molecule has 2 aliphatic carbocycles. The van der Waals surface area contributed by atoms with Gasteiger partial charge < -0.3 is 10.3 Å². The lowest BCUT2D eigenvalue weighted by Crippen LogP contribution is -2.21. The van der Waals surface area contributed by atoms with Crippen molar-refractivity contribution in [1.29, 1.82) is 0 Å². The molecule has 2 N–H and O–H groups in total. The fourth-order valence-electron chi connectivity index (χ4n) is 3.16. The van der Waals surface area contributed by atoms with Gasteiger partial charge in [-0.3, -0.25) is 4.79 Å². The van der Waals surface area contributed by atoms with Crippen LogP contribution in [0.3, 0.4) is 0 Å². The predicted molar refractivity (Wildman–Crippen MR) is 81.3 cm³/mol. The zero-order chi connectivity index (χ0) is 14.2. The standard InChI is InChI=1S/C17H19N3O/c21-16-9-13(10-18-12-6-7-12)19-17(20-16)15-8-5-11-3-1-2-4-14(11)15/h1-4,9,12,15,18H,5-8,10H2,(H,19,20,21). The molecule has 21 heavy (non-hydrogen) atoms. The van der Waals surface area contributed by atoms with Gasteiger partial charge in [0.2, 0.25) is 0 Å². The lowest BCUT2D eigenvalue weighted by molar-refractivity contribution is 0.652. The highest BCUT2D eigenvalue weighted by Crippen LogP contribution is 2.35. The Morgan fingerprint density at radius 1 is 1.24 bits per heavy atom. The first-order chi connectivity index (χ1) is 10.3. The highest BCUT2D eigenvalue weighted by Gasteiger charge is 2.26. The highest BCUT2D eigenvalue weighted by molar-refractivity contribution is 5.38. The van der Waals surface area contributed by atoms with E-state index in [-0.39, 0.29) is 11.5 Å². The van der Waals surface area contributed by atoms with E-state index in [4.69, 9.17) is 4.98 Å². The molecule has 1 heterocycles. The summed E-state index contributed by atoms with van der Waals surface area (Å²) < 4.78 is 0. The Hall–Kier alpha value is -1.94. The largest absolute Gasteiger partial charge is 0.310 e. The second-order valence-corrected chi connectivity index (χ2v) is 6.07. The molecule has 0 bridgehead atoms. The maximum Gasteiger partial charge on any atom is 0.251 e. The van der Waals surface area contributed by atoms with Crippen molar-refractivity contribution in [2.75, 3.05) is 0 Å². The lowest BCUT2D eigenvalue weighted by Gasteiger charge is -2.12. The fraction of sp³-hybridized carbons (Fsp3) is 0.412. The molecule has 1 aromatic heterocycles. The Bertz CT molecular complexity index is 718. The summed E-state index contributed by atoms with van der Waals surface area (Å²) in [5, 5.41) is 3.42. The molecule has 0 amide bonds. The maximum absolute atomic E-state index is 11.9. The van der Waals surface area contributed by atoms with Crippen LogP contribution in [0.4, 0.5) is 0 Å². The van der Waals surface area contributed by atoms with Crippen molar-refractivity contribution in [3.8, 4) is 0 Å². The van der Waals surface area contributed by atoms with Gasteiger partial charge in [-0.1, -0.05) is 24.3 Å². The van der Waals surface area contributed by atoms with Crippen molar-refractivity contribution in [2.24, 2.45) is 0 Å². The molecule has 1 aromatic carbocycles. The van der Waals surface area contributed by atoms with Crippen LogP contribution in [-0.2, 0) is 13.0 Å². The van der Waals surface area contributed by atoms with Crippen LogP contribution in [0, 0.1) is 0 Å². The molecular weight excluding hydrogens is 262 g/mol. The third-order valence-corrected chi connectivity index (χ3v) is 4.43. The summed E-state index contributed by atoms with van der Waals surface area (Å²) in [5.41, 5.74) is 3.50. The first kappa shape index (κ1) is 12.8. The molecule has 1 atom stereocenters. The Labute approximate surface area is 123 Å². The number of aryl methyl sites for hydroxylation is 1. The van der Waals surface area contributed by atoms with Gasteiger partial charge in [-0.2, -0.15) is 0 Å². The second kappa shape index (κ2) is 5.11. The van der Waals surface area contributed by atoms with Crippen molar-refractivity contribution >= 4 is 0 Å². The van der Waals surface area contributed by atoms with Crippen molar-refractivity contribution < 1.29 is 0 Å². The first-order valence-electron chi connectivity index (χ1n) is 7.71. The van der Waals surface area contributed by atoms with Crippen molar-refractivity contribution in [3.63, 3.8) is 0 Å². The normalized spacial score (nSPS) is 20.5. The van der Waals surface area contributed by atoms with Gasteiger partial charge in [0.05, 0.1) is 5.69 Å². The molecule has 1 fully saturated rings. The average molecular weight is 281 g/mol. The minimum atomic E-state index is -0.0445. The number of hydrogen-bond acceptors (Lipinski definition) is 3. The van der Waals surface area contributed by atoms with Crippen LogP contribution >= 0.6 is 0 Å². The van der Waals surface area contributed by atoms with Gasteiger partial charge in [0, 0.05) is 24.6 Å². The quantitative estimate of drug-likeness (QED) is 0.902. The molecule has 4 rings (SSSR count). The number of aromatic amines is 1. The van der Waals surface area contributed by atoms with E-state index in [0.29, 0.717) is 12.6 Å². The summed E-state index contributed by atoms with van der Waals surface area (Å²) >= 11 is 0. The molecule has 2 aromatic rings. The van der Waals surface area contributed by atoms with E-state index in [1.165, 1.54) is 24.0 Å². The summed E-state index contributed by atoms with van der Waals surface area (Å²) in [4.78, 5) is 19.6. The summed E-state index contributed by atoms with van der Waals surface area (Å²) in [6.07, 6.45) is 4.58. The molecule has 0 saturated heterocycles. The van der Waals surface area contributed by atoms with Crippen LogP contribution in [0.5, 0.6) is 0 Å². The minimum Gasteiger partial charge on any atom is -0.310 e. The zero-order valence-corrected chi connectivity index (χ0v) is 11.9. The number of nitrogens with one attached hydrogen (secondary N) is 2. The summed E-state index contributed by atoms with van der Waals surface area (Å²) in [6, 6.07) is 10.7. The third kappa shape index (κ3) is 2.63. The van der Waals surface area contributed by atoms with Crippen LogP contribution in [0.15, 0.2) is 35.1 Å². The number of fused-ring (bicyclic) bond motifs is 1. The van der Waals surface area contributed by atoms with E-state index < -0.39 is 0 Å². The SMILES string of the molecule is O=c1cc(CNC2CC2)nc(C2CCc3ccccc32)[nH]1. The van der Waals surface area contributed by atoms with Crippen molar-refractivity contribution in [3.05, 3.63) is 63.3 Å². The highest BCUT2D eigenvalue weighted by atomic mass is 16.1. The Morgan fingerprint density at radius 3 is 2.95 bits per heavy atom. The predicted octanol–water partition coefficient (Wildman–Crippen LogP) is 2.10. The van der Waals surface area contributed by atoms with Crippen LogP contribution in [-0.4, -0.2) is 16.0 Å². The third-order valence-electron chi connectivity index (χ3n) is 4.43. The number of aromatic nitrogens is 2. The minimum absolute atomic E-state index is 0.0445. The van der Waals surface area contributed by atoms with E-state index in [2.05, 4.69) is 34.6 Å². The van der Waals surface area contributed by atoms with E-state index in [9.17, 15) is 4.79 Å². The fourth-order valence-corrected chi connectivity index (χ4v) is 3.16. The molecule has 108 valence electrons. The molecule has 0 radical (unpaired) electrons. The molecular formula is C17H19N3O. The Kier molecular flexibility index (Phi) is 3.11. The van der Waals surface area contributed by atoms with Crippen LogP contribution in [0.1, 0.15) is 47.8 Å². The molecule has 4 heteroatoms.